The number of Topliss-reactive ketones (excluding diaryl/α,β-unsaturated/α-hetero) is 1. The molecule has 1 aromatic carbocycles. The normalized spacial score (nSPS) is 10.9. The van der Waals surface area contributed by atoms with E-state index in [1.54, 1.807) is 53.1 Å². The molecular weight excluding hydrogens is 368 g/mol. The molecule has 0 fully saturated rings. The molecule has 0 atom stereocenters. The summed E-state index contributed by atoms with van der Waals surface area (Å²) in [5, 5.41) is 5.61. The van der Waals surface area contributed by atoms with Gasteiger partial charge in [0.25, 0.3) is 11.8 Å². The van der Waals surface area contributed by atoms with Crippen LogP contribution in [-0.4, -0.2) is 33.5 Å². The summed E-state index contributed by atoms with van der Waals surface area (Å²) >= 11 is 0. The SMILES string of the molecule is CC(=O)c1cccc(NC(=O)c2nc(C(=O)NCCC(C)C)n3ccccc23)c1. The number of rotatable bonds is 7. The number of hydrogen-bond donors (Lipinski definition) is 2. The van der Waals surface area contributed by atoms with Crippen molar-refractivity contribution in [3.8, 4) is 0 Å². The van der Waals surface area contributed by atoms with Gasteiger partial charge in [-0.3, -0.25) is 18.8 Å². The predicted octanol–water partition coefficient (Wildman–Crippen LogP) is 3.57. The Balaban J connectivity index is 1.87. The van der Waals surface area contributed by atoms with Gasteiger partial charge in [0.15, 0.2) is 11.5 Å². The summed E-state index contributed by atoms with van der Waals surface area (Å²) in [6.07, 6.45) is 2.56. The number of nitrogens with one attached hydrogen (secondary N) is 2. The van der Waals surface area contributed by atoms with E-state index in [1.165, 1.54) is 6.92 Å². The molecule has 150 valence electrons. The Labute approximate surface area is 169 Å². The zero-order valence-corrected chi connectivity index (χ0v) is 16.7. The molecule has 29 heavy (non-hydrogen) atoms. The van der Waals surface area contributed by atoms with E-state index in [1.807, 2.05) is 0 Å². The van der Waals surface area contributed by atoms with Gasteiger partial charge in [-0.2, -0.15) is 0 Å². The van der Waals surface area contributed by atoms with Gasteiger partial charge >= 0.3 is 0 Å². The van der Waals surface area contributed by atoms with Crippen LogP contribution in [0.2, 0.25) is 0 Å². The highest BCUT2D eigenvalue weighted by Gasteiger charge is 2.21. The second kappa shape index (κ2) is 8.68. The Morgan fingerprint density at radius 1 is 1.07 bits per heavy atom. The van der Waals surface area contributed by atoms with Gasteiger partial charge in [-0.1, -0.05) is 32.0 Å². The van der Waals surface area contributed by atoms with Gasteiger partial charge in [0.05, 0.1) is 5.52 Å². The van der Waals surface area contributed by atoms with Crippen molar-refractivity contribution < 1.29 is 14.4 Å². The van der Waals surface area contributed by atoms with E-state index in [2.05, 4.69) is 29.5 Å². The zero-order valence-electron chi connectivity index (χ0n) is 16.7. The van der Waals surface area contributed by atoms with E-state index >= 15 is 0 Å². The van der Waals surface area contributed by atoms with Crippen LogP contribution < -0.4 is 10.6 Å². The standard InChI is InChI=1S/C22H24N4O3/c1-14(2)10-11-23-22(29)20-25-19(18-9-4-5-12-26(18)20)21(28)24-17-8-6-7-16(13-17)15(3)27/h4-9,12-14H,10-11H2,1-3H3,(H,23,29)(H,24,28). The minimum atomic E-state index is -0.448. The Kier molecular flexibility index (Phi) is 6.07. The highest BCUT2D eigenvalue weighted by molar-refractivity contribution is 6.09. The summed E-state index contributed by atoms with van der Waals surface area (Å²) < 4.78 is 1.60. The maximum absolute atomic E-state index is 12.8. The molecular formula is C22H24N4O3. The molecule has 2 heterocycles. The minimum Gasteiger partial charge on any atom is -0.349 e. The molecule has 0 saturated carbocycles. The van der Waals surface area contributed by atoms with Gasteiger partial charge in [-0.05, 0) is 43.5 Å². The third kappa shape index (κ3) is 4.68. The van der Waals surface area contributed by atoms with Gasteiger partial charge < -0.3 is 10.6 Å². The third-order valence-electron chi connectivity index (χ3n) is 4.50. The van der Waals surface area contributed by atoms with Gasteiger partial charge in [-0.25, -0.2) is 4.98 Å². The molecule has 0 aliphatic carbocycles. The number of hydrogen-bond acceptors (Lipinski definition) is 4. The van der Waals surface area contributed by atoms with E-state index in [4.69, 9.17) is 0 Å². The monoisotopic (exact) mass is 392 g/mol. The van der Waals surface area contributed by atoms with Crippen molar-refractivity contribution in [2.24, 2.45) is 5.92 Å². The number of aromatic nitrogens is 2. The summed E-state index contributed by atoms with van der Waals surface area (Å²) in [4.78, 5) is 41.3. The molecule has 0 saturated heterocycles. The predicted molar refractivity (Wildman–Crippen MR) is 111 cm³/mol. The van der Waals surface area contributed by atoms with Crippen molar-refractivity contribution in [1.82, 2.24) is 14.7 Å². The van der Waals surface area contributed by atoms with Crippen LogP contribution in [0.4, 0.5) is 5.69 Å². The van der Waals surface area contributed by atoms with E-state index < -0.39 is 5.91 Å². The number of pyridine rings is 1. The van der Waals surface area contributed by atoms with Crippen LogP contribution in [-0.2, 0) is 0 Å². The summed E-state index contributed by atoms with van der Waals surface area (Å²) in [5.74, 6) is -0.236. The Morgan fingerprint density at radius 2 is 1.86 bits per heavy atom. The average molecular weight is 392 g/mol. The molecule has 2 amide bonds. The minimum absolute atomic E-state index is 0.0890. The first-order valence-electron chi connectivity index (χ1n) is 9.54. The molecule has 2 aromatic heterocycles. The van der Waals surface area contributed by atoms with Crippen LogP contribution in [0.1, 0.15) is 58.7 Å². The highest BCUT2D eigenvalue weighted by atomic mass is 16.2. The van der Waals surface area contributed by atoms with Crippen LogP contribution in [0.3, 0.4) is 0 Å². The summed E-state index contributed by atoms with van der Waals surface area (Å²) in [6, 6.07) is 12.0. The summed E-state index contributed by atoms with van der Waals surface area (Å²) in [6.45, 7) is 6.17. The number of anilines is 1. The lowest BCUT2D eigenvalue weighted by Crippen LogP contribution is -2.27. The Bertz CT molecular complexity index is 1070. The molecule has 7 heteroatoms. The quantitative estimate of drug-likeness (QED) is 0.601. The second-order valence-corrected chi connectivity index (χ2v) is 7.27. The first-order chi connectivity index (χ1) is 13.9. The van der Waals surface area contributed by atoms with Crippen molar-refractivity contribution in [3.63, 3.8) is 0 Å². The highest BCUT2D eigenvalue weighted by Crippen LogP contribution is 2.17. The smallest absolute Gasteiger partial charge is 0.287 e. The third-order valence-corrected chi connectivity index (χ3v) is 4.50. The van der Waals surface area contributed by atoms with E-state index in [-0.39, 0.29) is 23.2 Å². The molecule has 2 N–H and O–H groups in total. The first kappa shape index (κ1) is 20.3. The van der Waals surface area contributed by atoms with Gasteiger partial charge in [0, 0.05) is 24.0 Å². The van der Waals surface area contributed by atoms with Crippen LogP contribution >= 0.6 is 0 Å². The van der Waals surface area contributed by atoms with Crippen LogP contribution in [0.5, 0.6) is 0 Å². The Morgan fingerprint density at radius 3 is 2.59 bits per heavy atom. The molecule has 0 unspecified atom stereocenters. The first-order valence-corrected chi connectivity index (χ1v) is 9.54. The molecule has 0 aliphatic heterocycles. The second-order valence-electron chi connectivity index (χ2n) is 7.27. The number of benzene rings is 1. The lowest BCUT2D eigenvalue weighted by molar-refractivity contribution is 0.0940. The van der Waals surface area contributed by atoms with E-state index in [0.717, 1.165) is 6.42 Å². The topological polar surface area (TPSA) is 92.6 Å². The van der Waals surface area contributed by atoms with Crippen LogP contribution in [0.15, 0.2) is 48.7 Å². The molecule has 3 aromatic rings. The fourth-order valence-electron chi connectivity index (χ4n) is 2.92. The van der Waals surface area contributed by atoms with E-state index in [9.17, 15) is 14.4 Å². The van der Waals surface area contributed by atoms with Gasteiger partial charge in [-0.15, -0.1) is 0 Å². The van der Waals surface area contributed by atoms with Crippen molar-refractivity contribution in [2.45, 2.75) is 27.2 Å². The zero-order chi connectivity index (χ0) is 21.0. The molecule has 7 nitrogen and oxygen atoms in total. The lowest BCUT2D eigenvalue weighted by atomic mass is 10.1. The van der Waals surface area contributed by atoms with Gasteiger partial charge in [0.2, 0.25) is 5.82 Å². The fourth-order valence-corrected chi connectivity index (χ4v) is 2.92. The largest absolute Gasteiger partial charge is 0.349 e. The van der Waals surface area contributed by atoms with Crippen molar-refractivity contribution >= 4 is 28.8 Å². The molecule has 3 rings (SSSR count). The molecule has 0 bridgehead atoms. The molecule has 0 radical (unpaired) electrons. The molecule has 0 aliphatic rings. The van der Waals surface area contributed by atoms with Crippen LogP contribution in [0.25, 0.3) is 5.52 Å². The fraction of sp³-hybridized carbons (Fsp3) is 0.273. The number of ketones is 1. The maximum Gasteiger partial charge on any atom is 0.287 e. The number of carbonyl (C=O) groups excluding carboxylic acids is 3. The number of carbonyl (C=O) groups is 3. The number of fused-ring (bicyclic) bond motifs is 1. The number of amides is 2. The summed E-state index contributed by atoms with van der Waals surface area (Å²) in [5.41, 5.74) is 1.67. The molecule has 0 spiro atoms. The Hall–Kier alpha value is -3.48. The van der Waals surface area contributed by atoms with Crippen molar-refractivity contribution in [1.29, 1.82) is 0 Å². The van der Waals surface area contributed by atoms with Crippen LogP contribution in [0, 0.1) is 5.92 Å². The lowest BCUT2D eigenvalue weighted by Gasteiger charge is -2.06. The van der Waals surface area contributed by atoms with E-state index in [0.29, 0.717) is 29.2 Å². The number of imidazole rings is 1. The van der Waals surface area contributed by atoms with Gasteiger partial charge in [0.1, 0.15) is 0 Å². The number of nitrogens with zero attached hydrogens (tertiary/aromatic N) is 2. The maximum atomic E-state index is 12.8. The van der Waals surface area contributed by atoms with Crippen molar-refractivity contribution in [3.05, 3.63) is 65.7 Å². The summed E-state index contributed by atoms with van der Waals surface area (Å²) in [7, 11) is 0. The average Bonchev–Trinajstić information content (AvgIpc) is 3.08. The van der Waals surface area contributed by atoms with Crippen molar-refractivity contribution in [2.75, 3.05) is 11.9 Å².